The number of halogens is 2. The van der Waals surface area contributed by atoms with Crippen LogP contribution in [0.2, 0.25) is 0 Å². The van der Waals surface area contributed by atoms with E-state index in [2.05, 4.69) is 9.55 Å². The second kappa shape index (κ2) is 5.10. The van der Waals surface area contributed by atoms with Crippen LogP contribution >= 0.6 is 11.6 Å². The van der Waals surface area contributed by atoms with E-state index in [-0.39, 0.29) is 17.2 Å². The van der Waals surface area contributed by atoms with Crippen molar-refractivity contribution in [2.45, 2.75) is 31.2 Å². The Morgan fingerprint density at radius 3 is 2.84 bits per heavy atom. The molecule has 3 nitrogen and oxygen atoms in total. The van der Waals surface area contributed by atoms with Gasteiger partial charge in [-0.3, -0.25) is 0 Å². The molecule has 0 amide bonds. The number of hydrogen-bond acceptors (Lipinski definition) is 2. The number of benzene rings is 1. The molecule has 0 bridgehead atoms. The molecule has 5 heteroatoms. The van der Waals surface area contributed by atoms with Crippen LogP contribution in [0.1, 0.15) is 37.0 Å². The summed E-state index contributed by atoms with van der Waals surface area (Å²) in [6.45, 7) is 3.34. The molecule has 0 radical (unpaired) electrons. The molecule has 1 aromatic carbocycles. The van der Waals surface area contributed by atoms with Crippen LogP contribution in [-0.4, -0.2) is 22.8 Å². The number of aromatic nitrogens is 2. The number of nitrogens with zero attached hydrogens (tertiary/aromatic N) is 2. The molecule has 1 atom stereocenters. The van der Waals surface area contributed by atoms with Gasteiger partial charge in [-0.15, -0.1) is 11.6 Å². The first-order valence-electron chi connectivity index (χ1n) is 6.56. The molecule has 0 spiro atoms. The van der Waals surface area contributed by atoms with Crippen LogP contribution in [0.5, 0.6) is 0 Å². The quantitative estimate of drug-likeness (QED) is 0.783. The molecule has 0 N–H and O–H groups in total. The predicted molar refractivity (Wildman–Crippen MR) is 73.0 cm³/mol. The lowest BCUT2D eigenvalue weighted by molar-refractivity contribution is 0.0698. The number of fused-ring (bicyclic) bond motifs is 1. The molecule has 1 aromatic heterocycles. The zero-order valence-corrected chi connectivity index (χ0v) is 11.5. The minimum absolute atomic E-state index is 0.241. The summed E-state index contributed by atoms with van der Waals surface area (Å²) in [5, 5.41) is -0.241. The number of hydrogen-bond donors (Lipinski definition) is 0. The van der Waals surface area contributed by atoms with Gasteiger partial charge in [0, 0.05) is 19.3 Å². The topological polar surface area (TPSA) is 27.1 Å². The Morgan fingerprint density at radius 2 is 2.16 bits per heavy atom. The Balaban J connectivity index is 2.18. The first kappa shape index (κ1) is 12.9. The number of para-hydroxylation sites is 1. The van der Waals surface area contributed by atoms with Gasteiger partial charge in [0.05, 0.1) is 10.9 Å². The highest BCUT2D eigenvalue weighted by molar-refractivity contribution is 6.20. The highest BCUT2D eigenvalue weighted by Gasteiger charge is 2.24. The van der Waals surface area contributed by atoms with Crippen molar-refractivity contribution in [2.75, 3.05) is 13.2 Å². The Bertz CT molecular complexity index is 590. The van der Waals surface area contributed by atoms with Crippen LogP contribution in [0, 0.1) is 5.82 Å². The number of ether oxygens (including phenoxy) is 1. The number of alkyl halides is 1. The van der Waals surface area contributed by atoms with E-state index in [1.807, 2.05) is 13.0 Å². The maximum Gasteiger partial charge on any atom is 0.151 e. The molecule has 3 rings (SSSR count). The largest absolute Gasteiger partial charge is 0.381 e. The van der Waals surface area contributed by atoms with Crippen molar-refractivity contribution < 1.29 is 9.13 Å². The SMILES string of the molecule is CC(Cl)c1nc2c(F)cccc2n1C1CCOCC1. The fourth-order valence-electron chi connectivity index (χ4n) is 2.71. The van der Waals surface area contributed by atoms with Gasteiger partial charge in [-0.25, -0.2) is 9.37 Å². The van der Waals surface area contributed by atoms with E-state index in [4.69, 9.17) is 16.3 Å². The van der Waals surface area contributed by atoms with Gasteiger partial charge in [0.15, 0.2) is 5.82 Å². The lowest BCUT2D eigenvalue weighted by Gasteiger charge is -2.26. The van der Waals surface area contributed by atoms with Crippen molar-refractivity contribution in [1.82, 2.24) is 9.55 Å². The highest BCUT2D eigenvalue weighted by atomic mass is 35.5. The third-order valence-electron chi connectivity index (χ3n) is 3.61. The van der Waals surface area contributed by atoms with Gasteiger partial charge in [-0.1, -0.05) is 6.07 Å². The summed E-state index contributed by atoms with van der Waals surface area (Å²) in [6, 6.07) is 5.35. The van der Waals surface area contributed by atoms with Gasteiger partial charge in [-0.05, 0) is 31.9 Å². The lowest BCUT2D eigenvalue weighted by atomic mass is 10.1. The molecule has 1 aliphatic heterocycles. The fourth-order valence-corrected chi connectivity index (χ4v) is 2.86. The summed E-state index contributed by atoms with van der Waals surface area (Å²) >= 11 is 6.21. The van der Waals surface area contributed by atoms with Crippen LogP contribution in [0.15, 0.2) is 18.2 Å². The van der Waals surface area contributed by atoms with Crippen LogP contribution in [0.25, 0.3) is 11.0 Å². The first-order chi connectivity index (χ1) is 9.18. The Kier molecular flexibility index (Phi) is 3.46. The minimum Gasteiger partial charge on any atom is -0.381 e. The fraction of sp³-hybridized carbons (Fsp3) is 0.500. The Hall–Kier alpha value is -1.13. The third-order valence-corrected chi connectivity index (χ3v) is 3.81. The molecule has 2 aromatic rings. The second-order valence-electron chi connectivity index (χ2n) is 4.91. The molecule has 19 heavy (non-hydrogen) atoms. The standard InChI is InChI=1S/C14H16ClFN2O/c1-9(15)14-17-13-11(16)3-2-4-12(13)18(14)10-5-7-19-8-6-10/h2-4,9-10H,5-8H2,1H3. The van der Waals surface area contributed by atoms with Crippen molar-refractivity contribution >= 4 is 22.6 Å². The van der Waals surface area contributed by atoms with Gasteiger partial charge in [0.2, 0.25) is 0 Å². The zero-order valence-electron chi connectivity index (χ0n) is 10.8. The number of rotatable bonds is 2. The second-order valence-corrected chi connectivity index (χ2v) is 5.56. The smallest absolute Gasteiger partial charge is 0.151 e. The maximum atomic E-state index is 13.9. The van der Waals surface area contributed by atoms with E-state index >= 15 is 0 Å². The predicted octanol–water partition coefficient (Wildman–Crippen LogP) is 3.83. The van der Waals surface area contributed by atoms with Gasteiger partial charge in [0.25, 0.3) is 0 Å². The summed E-state index contributed by atoms with van der Waals surface area (Å²) in [7, 11) is 0. The monoisotopic (exact) mass is 282 g/mol. The van der Waals surface area contributed by atoms with E-state index in [0.717, 1.165) is 37.4 Å². The van der Waals surface area contributed by atoms with Gasteiger partial charge in [0.1, 0.15) is 11.3 Å². The van der Waals surface area contributed by atoms with E-state index in [0.29, 0.717) is 5.52 Å². The van der Waals surface area contributed by atoms with Gasteiger partial charge < -0.3 is 9.30 Å². The molecule has 0 saturated carbocycles. The highest BCUT2D eigenvalue weighted by Crippen LogP contribution is 2.33. The number of imidazole rings is 1. The van der Waals surface area contributed by atoms with E-state index in [1.165, 1.54) is 6.07 Å². The van der Waals surface area contributed by atoms with E-state index in [1.54, 1.807) is 6.07 Å². The molecule has 1 fully saturated rings. The first-order valence-corrected chi connectivity index (χ1v) is 7.00. The molecule has 1 unspecified atom stereocenters. The minimum atomic E-state index is -0.290. The maximum absolute atomic E-state index is 13.9. The van der Waals surface area contributed by atoms with Gasteiger partial charge in [-0.2, -0.15) is 0 Å². The Morgan fingerprint density at radius 1 is 1.42 bits per heavy atom. The molecule has 0 aliphatic carbocycles. The Labute approximate surface area is 116 Å². The van der Waals surface area contributed by atoms with Crippen LogP contribution in [-0.2, 0) is 4.74 Å². The van der Waals surface area contributed by atoms with Crippen molar-refractivity contribution in [3.8, 4) is 0 Å². The summed E-state index contributed by atoms with van der Waals surface area (Å²) in [5.74, 6) is 0.454. The van der Waals surface area contributed by atoms with Crippen LogP contribution < -0.4 is 0 Å². The summed E-state index contributed by atoms with van der Waals surface area (Å²) < 4.78 is 21.4. The third kappa shape index (κ3) is 2.23. The van der Waals surface area contributed by atoms with E-state index < -0.39 is 0 Å². The molecular formula is C14H16ClFN2O. The molecular weight excluding hydrogens is 267 g/mol. The van der Waals surface area contributed by atoms with Crippen LogP contribution in [0.3, 0.4) is 0 Å². The van der Waals surface area contributed by atoms with Gasteiger partial charge >= 0.3 is 0 Å². The average Bonchev–Trinajstić information content (AvgIpc) is 2.81. The van der Waals surface area contributed by atoms with Crippen molar-refractivity contribution in [3.05, 3.63) is 29.8 Å². The zero-order chi connectivity index (χ0) is 13.4. The summed E-state index contributed by atoms with van der Waals surface area (Å²) in [5.41, 5.74) is 1.24. The van der Waals surface area contributed by atoms with Crippen molar-refractivity contribution in [1.29, 1.82) is 0 Å². The molecule has 1 saturated heterocycles. The molecule has 1 aliphatic rings. The van der Waals surface area contributed by atoms with Crippen LogP contribution in [0.4, 0.5) is 4.39 Å². The van der Waals surface area contributed by atoms with Crippen molar-refractivity contribution in [2.24, 2.45) is 0 Å². The van der Waals surface area contributed by atoms with E-state index in [9.17, 15) is 4.39 Å². The normalized spacial score (nSPS) is 18.9. The molecule has 102 valence electrons. The summed E-state index contributed by atoms with van der Waals surface area (Å²) in [4.78, 5) is 4.40. The lowest BCUT2D eigenvalue weighted by Crippen LogP contribution is -2.21. The molecule has 2 heterocycles. The summed E-state index contributed by atoms with van der Waals surface area (Å²) in [6.07, 6.45) is 1.83. The van der Waals surface area contributed by atoms with Crippen molar-refractivity contribution in [3.63, 3.8) is 0 Å². The average molecular weight is 283 g/mol.